The summed E-state index contributed by atoms with van der Waals surface area (Å²) >= 11 is 0. The lowest BCUT2D eigenvalue weighted by molar-refractivity contribution is -0.112. The van der Waals surface area contributed by atoms with Crippen molar-refractivity contribution in [1.29, 1.82) is 0 Å². The third kappa shape index (κ3) is 3.23. The molecule has 0 radical (unpaired) electrons. The Bertz CT molecular complexity index is 576. The SMILES string of the molecule is C=C(C)C1CC=C(C2CCC(C)(NC=O)C3CCC(C)=CC23)CO1. The fourth-order valence-electron chi connectivity index (χ4n) is 5.01. The lowest BCUT2D eigenvalue weighted by atomic mass is 9.58. The molecule has 0 saturated heterocycles. The number of allylic oxidation sites excluding steroid dienone is 2. The molecule has 1 amide bonds. The molecule has 0 aromatic heterocycles. The summed E-state index contributed by atoms with van der Waals surface area (Å²) in [7, 11) is 0. The van der Waals surface area contributed by atoms with Crippen LogP contribution < -0.4 is 5.32 Å². The van der Waals surface area contributed by atoms with Crippen molar-refractivity contribution >= 4 is 6.41 Å². The van der Waals surface area contributed by atoms with Crippen molar-refractivity contribution in [3.63, 3.8) is 0 Å². The fraction of sp³-hybridized carbons (Fsp3) is 0.667. The summed E-state index contributed by atoms with van der Waals surface area (Å²) in [5, 5.41) is 3.15. The van der Waals surface area contributed by atoms with E-state index in [4.69, 9.17) is 4.74 Å². The molecule has 0 bridgehead atoms. The van der Waals surface area contributed by atoms with Crippen molar-refractivity contribution < 1.29 is 9.53 Å². The molecule has 132 valence electrons. The predicted molar refractivity (Wildman–Crippen MR) is 97.6 cm³/mol. The normalized spacial score (nSPS) is 39.3. The van der Waals surface area contributed by atoms with Gasteiger partial charge in [-0.2, -0.15) is 0 Å². The molecule has 24 heavy (non-hydrogen) atoms. The second kappa shape index (κ2) is 6.87. The third-order valence-electron chi connectivity index (χ3n) is 6.51. The van der Waals surface area contributed by atoms with E-state index in [-0.39, 0.29) is 11.6 Å². The number of rotatable bonds is 4. The summed E-state index contributed by atoms with van der Waals surface area (Å²) in [6, 6.07) is 0. The van der Waals surface area contributed by atoms with Crippen LogP contribution in [-0.4, -0.2) is 24.7 Å². The minimum atomic E-state index is -0.0730. The second-order valence-electron chi connectivity index (χ2n) is 8.22. The van der Waals surface area contributed by atoms with E-state index in [1.54, 1.807) is 0 Å². The maximum absolute atomic E-state index is 11.1. The second-order valence-corrected chi connectivity index (χ2v) is 8.22. The van der Waals surface area contributed by atoms with Gasteiger partial charge in [-0.25, -0.2) is 0 Å². The zero-order valence-electron chi connectivity index (χ0n) is 15.3. The maximum Gasteiger partial charge on any atom is 0.207 e. The van der Waals surface area contributed by atoms with E-state index in [1.165, 1.54) is 17.6 Å². The molecule has 5 atom stereocenters. The van der Waals surface area contributed by atoms with E-state index < -0.39 is 0 Å². The van der Waals surface area contributed by atoms with Gasteiger partial charge in [-0.15, -0.1) is 0 Å². The lowest BCUT2D eigenvalue weighted by Crippen LogP contribution is -2.56. The number of amides is 1. The van der Waals surface area contributed by atoms with Crippen LogP contribution in [0, 0.1) is 17.8 Å². The van der Waals surface area contributed by atoms with Crippen LogP contribution in [0.15, 0.2) is 35.5 Å². The monoisotopic (exact) mass is 329 g/mol. The zero-order valence-corrected chi connectivity index (χ0v) is 15.3. The van der Waals surface area contributed by atoms with E-state index in [0.717, 1.165) is 44.3 Å². The molecule has 3 aliphatic rings. The van der Waals surface area contributed by atoms with Crippen LogP contribution in [0.4, 0.5) is 0 Å². The van der Waals surface area contributed by atoms with Gasteiger partial charge in [0.25, 0.3) is 0 Å². The van der Waals surface area contributed by atoms with E-state index in [1.807, 2.05) is 6.92 Å². The molecule has 3 rings (SSSR count). The number of ether oxygens (including phenoxy) is 1. The first-order valence-corrected chi connectivity index (χ1v) is 9.29. The zero-order chi connectivity index (χ0) is 17.3. The van der Waals surface area contributed by atoms with Crippen molar-refractivity contribution in [2.45, 2.75) is 64.5 Å². The minimum Gasteiger partial charge on any atom is -0.369 e. The fourth-order valence-corrected chi connectivity index (χ4v) is 5.01. The topological polar surface area (TPSA) is 38.3 Å². The number of carbonyl (C=O) groups is 1. The predicted octanol–water partition coefficient (Wildman–Crippen LogP) is 4.17. The van der Waals surface area contributed by atoms with Crippen LogP contribution >= 0.6 is 0 Å². The van der Waals surface area contributed by atoms with Crippen LogP contribution in [0.1, 0.15) is 52.9 Å². The van der Waals surface area contributed by atoms with E-state index in [2.05, 4.69) is 37.9 Å². The van der Waals surface area contributed by atoms with Crippen LogP contribution in [0.5, 0.6) is 0 Å². The van der Waals surface area contributed by atoms with Crippen molar-refractivity contribution in [2.24, 2.45) is 17.8 Å². The van der Waals surface area contributed by atoms with Crippen LogP contribution in [0.25, 0.3) is 0 Å². The summed E-state index contributed by atoms with van der Waals surface area (Å²) in [6.07, 6.45) is 11.4. The molecule has 1 fully saturated rings. The first-order chi connectivity index (χ1) is 11.4. The molecule has 1 N–H and O–H groups in total. The van der Waals surface area contributed by atoms with Gasteiger partial charge in [0, 0.05) is 5.54 Å². The molecule has 1 saturated carbocycles. The minimum absolute atomic E-state index is 0.0730. The summed E-state index contributed by atoms with van der Waals surface area (Å²) in [5.41, 5.74) is 3.99. The molecule has 3 heteroatoms. The molecular formula is C21H31NO2. The van der Waals surface area contributed by atoms with Crippen LogP contribution in [0.3, 0.4) is 0 Å². The number of fused-ring (bicyclic) bond motifs is 1. The summed E-state index contributed by atoms with van der Waals surface area (Å²) in [6.45, 7) is 11.3. The van der Waals surface area contributed by atoms with Gasteiger partial charge in [-0.3, -0.25) is 4.79 Å². The Morgan fingerprint density at radius 3 is 2.88 bits per heavy atom. The number of hydrogen-bond acceptors (Lipinski definition) is 2. The molecule has 0 aromatic carbocycles. The van der Waals surface area contributed by atoms with Crippen molar-refractivity contribution in [3.05, 3.63) is 35.5 Å². The summed E-state index contributed by atoms with van der Waals surface area (Å²) in [4.78, 5) is 11.1. The van der Waals surface area contributed by atoms with Crippen LogP contribution in [0.2, 0.25) is 0 Å². The molecule has 0 spiro atoms. The Morgan fingerprint density at radius 1 is 1.46 bits per heavy atom. The lowest BCUT2D eigenvalue weighted by Gasteiger charge is -2.51. The average Bonchev–Trinajstić information content (AvgIpc) is 2.55. The standard InChI is InChI=1S/C21H31NO2/c1-14(2)20-8-6-16(12-24-20)17-9-10-21(4,22-13-23)19-7-5-15(3)11-18(17)19/h6,11,13,17-20H,1,5,7-10,12H2,2-4H3,(H,22,23). The highest BCUT2D eigenvalue weighted by Gasteiger charge is 2.47. The molecule has 0 aromatic rings. The van der Waals surface area contributed by atoms with Gasteiger partial charge in [0.2, 0.25) is 6.41 Å². The molecule has 2 aliphatic carbocycles. The largest absolute Gasteiger partial charge is 0.369 e. The van der Waals surface area contributed by atoms with Gasteiger partial charge < -0.3 is 10.1 Å². The van der Waals surface area contributed by atoms with Gasteiger partial charge in [0.15, 0.2) is 0 Å². The molecular weight excluding hydrogens is 298 g/mol. The first kappa shape index (κ1) is 17.5. The highest BCUT2D eigenvalue weighted by atomic mass is 16.5. The Morgan fingerprint density at radius 2 is 2.25 bits per heavy atom. The Labute approximate surface area is 146 Å². The van der Waals surface area contributed by atoms with Gasteiger partial charge in [0.1, 0.15) is 0 Å². The van der Waals surface area contributed by atoms with Gasteiger partial charge in [-0.1, -0.05) is 29.9 Å². The highest BCUT2D eigenvalue weighted by Crippen LogP contribution is 2.50. The van der Waals surface area contributed by atoms with Crippen LogP contribution in [-0.2, 0) is 9.53 Å². The number of nitrogens with one attached hydrogen (secondary N) is 1. The molecule has 5 unspecified atom stereocenters. The molecule has 3 nitrogen and oxygen atoms in total. The molecule has 1 aliphatic heterocycles. The van der Waals surface area contributed by atoms with E-state index >= 15 is 0 Å². The highest BCUT2D eigenvalue weighted by molar-refractivity contribution is 5.48. The maximum atomic E-state index is 11.1. The van der Waals surface area contributed by atoms with E-state index in [9.17, 15) is 4.79 Å². The Kier molecular flexibility index (Phi) is 5.00. The Balaban J connectivity index is 1.84. The first-order valence-electron chi connectivity index (χ1n) is 9.29. The quantitative estimate of drug-likeness (QED) is 0.621. The Hall–Kier alpha value is -1.35. The van der Waals surface area contributed by atoms with Gasteiger partial charge in [-0.05, 0) is 76.2 Å². The van der Waals surface area contributed by atoms with Crippen molar-refractivity contribution in [1.82, 2.24) is 5.32 Å². The number of carbonyl (C=O) groups excluding carboxylic acids is 1. The summed E-state index contributed by atoms with van der Waals surface area (Å²) < 4.78 is 6.05. The van der Waals surface area contributed by atoms with Gasteiger partial charge in [0.05, 0.1) is 12.7 Å². The average molecular weight is 329 g/mol. The number of hydrogen-bond donors (Lipinski definition) is 1. The third-order valence-corrected chi connectivity index (χ3v) is 6.51. The van der Waals surface area contributed by atoms with Gasteiger partial charge >= 0.3 is 0 Å². The summed E-state index contributed by atoms with van der Waals surface area (Å²) in [5.74, 6) is 1.59. The van der Waals surface area contributed by atoms with Crippen molar-refractivity contribution in [3.8, 4) is 0 Å². The van der Waals surface area contributed by atoms with E-state index in [0.29, 0.717) is 17.8 Å². The smallest absolute Gasteiger partial charge is 0.207 e. The van der Waals surface area contributed by atoms with Crippen molar-refractivity contribution in [2.75, 3.05) is 6.61 Å². The molecule has 1 heterocycles.